The zero-order valence-corrected chi connectivity index (χ0v) is 11.5. The summed E-state index contributed by atoms with van der Waals surface area (Å²) in [5, 5.41) is 15.6. The molecule has 0 spiro atoms. The molecule has 2 rings (SSSR count). The lowest BCUT2D eigenvalue weighted by molar-refractivity contribution is 0.0900. The first-order valence-corrected chi connectivity index (χ1v) is 6.33. The molecule has 4 heteroatoms. The van der Waals surface area contributed by atoms with E-state index in [2.05, 4.69) is 5.10 Å². The molecule has 0 fully saturated rings. The highest BCUT2D eigenvalue weighted by Gasteiger charge is 2.30. The van der Waals surface area contributed by atoms with Gasteiger partial charge < -0.3 is 5.11 Å². The molecule has 1 unspecified atom stereocenters. The Bertz CT molecular complexity index is 546. The summed E-state index contributed by atoms with van der Waals surface area (Å²) >= 11 is 5.98. The molecule has 0 bridgehead atoms. The van der Waals surface area contributed by atoms with Gasteiger partial charge in [-0.25, -0.2) is 0 Å². The second-order valence-corrected chi connectivity index (χ2v) is 5.27. The summed E-state index contributed by atoms with van der Waals surface area (Å²) in [6, 6.07) is 9.30. The summed E-state index contributed by atoms with van der Waals surface area (Å²) in [6.07, 6.45) is 1.70. The van der Waals surface area contributed by atoms with Crippen LogP contribution in [0, 0.1) is 0 Å². The minimum atomic E-state index is -1.11. The summed E-state index contributed by atoms with van der Waals surface area (Å²) in [5.74, 6) is 0. The molecule has 1 N–H and O–H groups in total. The molecule has 1 aromatic heterocycles. The largest absolute Gasteiger partial charge is 0.379 e. The van der Waals surface area contributed by atoms with Crippen molar-refractivity contribution in [2.24, 2.45) is 0 Å². The van der Waals surface area contributed by atoms with E-state index in [1.165, 1.54) is 0 Å². The van der Waals surface area contributed by atoms with Crippen LogP contribution in [0.25, 0.3) is 0 Å². The van der Waals surface area contributed by atoms with Gasteiger partial charge in [-0.2, -0.15) is 5.10 Å². The fourth-order valence-corrected chi connectivity index (χ4v) is 2.24. The van der Waals surface area contributed by atoms with Gasteiger partial charge in [0.1, 0.15) is 5.60 Å². The molecular weight excluding hydrogens is 248 g/mol. The van der Waals surface area contributed by atoms with Gasteiger partial charge in [0.15, 0.2) is 0 Å². The molecule has 0 saturated carbocycles. The van der Waals surface area contributed by atoms with Crippen molar-refractivity contribution in [2.75, 3.05) is 0 Å². The van der Waals surface area contributed by atoms with Gasteiger partial charge in [-0.3, -0.25) is 4.68 Å². The normalized spacial score (nSPS) is 14.8. The van der Waals surface area contributed by atoms with Crippen molar-refractivity contribution in [3.05, 3.63) is 52.8 Å². The quantitative estimate of drug-likeness (QED) is 0.923. The van der Waals surface area contributed by atoms with E-state index in [9.17, 15) is 5.11 Å². The Morgan fingerprint density at radius 2 is 2.06 bits per heavy atom. The standard InChI is InChI=1S/C14H17ClN2O/c1-10(2)17-13(7-8-16-17)14(3,18)11-5-4-6-12(15)9-11/h4-10,18H,1-3H3. The first kappa shape index (κ1) is 13.1. The molecule has 0 saturated heterocycles. The van der Waals surface area contributed by atoms with Crippen LogP contribution < -0.4 is 0 Å². The molecule has 2 aromatic rings. The van der Waals surface area contributed by atoms with Crippen LogP contribution >= 0.6 is 11.6 Å². The van der Waals surface area contributed by atoms with Crippen molar-refractivity contribution >= 4 is 11.6 Å². The van der Waals surface area contributed by atoms with Gasteiger partial charge in [0.2, 0.25) is 0 Å². The van der Waals surface area contributed by atoms with Gasteiger partial charge in [0, 0.05) is 17.3 Å². The van der Waals surface area contributed by atoms with Gasteiger partial charge in [0.25, 0.3) is 0 Å². The number of halogens is 1. The molecule has 1 aromatic carbocycles. The van der Waals surface area contributed by atoms with Crippen LogP contribution in [0.3, 0.4) is 0 Å². The van der Waals surface area contributed by atoms with Gasteiger partial charge in [-0.05, 0) is 44.5 Å². The second-order valence-electron chi connectivity index (χ2n) is 4.84. The third kappa shape index (κ3) is 2.28. The Morgan fingerprint density at radius 1 is 1.33 bits per heavy atom. The average molecular weight is 265 g/mol. The molecule has 1 atom stereocenters. The Hall–Kier alpha value is -1.32. The Labute approximate surface area is 112 Å². The lowest BCUT2D eigenvalue weighted by Crippen LogP contribution is -2.27. The Kier molecular flexibility index (Phi) is 3.46. The lowest BCUT2D eigenvalue weighted by atomic mass is 9.92. The van der Waals surface area contributed by atoms with Crippen LogP contribution in [0.15, 0.2) is 36.5 Å². The maximum atomic E-state index is 10.8. The SMILES string of the molecule is CC(C)n1nccc1C(C)(O)c1cccc(Cl)c1. The van der Waals surface area contributed by atoms with E-state index in [0.717, 1.165) is 11.3 Å². The number of hydrogen-bond donors (Lipinski definition) is 1. The van der Waals surface area contributed by atoms with Crippen molar-refractivity contribution in [2.45, 2.75) is 32.4 Å². The minimum Gasteiger partial charge on any atom is -0.379 e. The van der Waals surface area contributed by atoms with Crippen LogP contribution in [-0.4, -0.2) is 14.9 Å². The summed E-state index contributed by atoms with van der Waals surface area (Å²) in [6.45, 7) is 5.82. The highest BCUT2D eigenvalue weighted by Crippen LogP contribution is 2.31. The van der Waals surface area contributed by atoms with Crippen LogP contribution in [0.5, 0.6) is 0 Å². The van der Waals surface area contributed by atoms with E-state index < -0.39 is 5.60 Å². The predicted molar refractivity (Wildman–Crippen MR) is 72.7 cm³/mol. The van der Waals surface area contributed by atoms with Gasteiger partial charge in [-0.15, -0.1) is 0 Å². The molecule has 0 aliphatic heterocycles. The number of benzene rings is 1. The van der Waals surface area contributed by atoms with Gasteiger partial charge >= 0.3 is 0 Å². The number of nitrogens with zero attached hydrogens (tertiary/aromatic N) is 2. The van der Waals surface area contributed by atoms with Crippen molar-refractivity contribution in [3.8, 4) is 0 Å². The summed E-state index contributed by atoms with van der Waals surface area (Å²) in [7, 11) is 0. The maximum Gasteiger partial charge on any atom is 0.128 e. The Morgan fingerprint density at radius 3 is 2.67 bits per heavy atom. The topological polar surface area (TPSA) is 38.0 Å². The average Bonchev–Trinajstić information content (AvgIpc) is 2.78. The molecule has 0 amide bonds. The van der Waals surface area contributed by atoms with E-state index in [0.29, 0.717) is 5.02 Å². The van der Waals surface area contributed by atoms with Crippen LogP contribution in [0.4, 0.5) is 0 Å². The fourth-order valence-electron chi connectivity index (χ4n) is 2.05. The fraction of sp³-hybridized carbons (Fsp3) is 0.357. The number of aliphatic hydroxyl groups is 1. The first-order valence-electron chi connectivity index (χ1n) is 5.95. The summed E-state index contributed by atoms with van der Waals surface area (Å²) in [4.78, 5) is 0. The highest BCUT2D eigenvalue weighted by atomic mass is 35.5. The molecule has 0 aliphatic rings. The van der Waals surface area contributed by atoms with E-state index in [-0.39, 0.29) is 6.04 Å². The molecule has 96 valence electrons. The number of rotatable bonds is 3. The van der Waals surface area contributed by atoms with Gasteiger partial charge in [-0.1, -0.05) is 23.7 Å². The monoisotopic (exact) mass is 264 g/mol. The van der Waals surface area contributed by atoms with Crippen LogP contribution in [0.2, 0.25) is 5.02 Å². The molecular formula is C14H17ClN2O. The minimum absolute atomic E-state index is 0.195. The van der Waals surface area contributed by atoms with Crippen molar-refractivity contribution < 1.29 is 5.11 Å². The molecule has 0 aliphatic carbocycles. The zero-order valence-electron chi connectivity index (χ0n) is 10.8. The van der Waals surface area contributed by atoms with Crippen molar-refractivity contribution in [1.29, 1.82) is 0 Å². The second kappa shape index (κ2) is 4.75. The molecule has 18 heavy (non-hydrogen) atoms. The zero-order chi connectivity index (χ0) is 13.3. The highest BCUT2D eigenvalue weighted by molar-refractivity contribution is 6.30. The smallest absolute Gasteiger partial charge is 0.128 e. The van der Waals surface area contributed by atoms with Crippen molar-refractivity contribution in [1.82, 2.24) is 9.78 Å². The lowest BCUT2D eigenvalue weighted by Gasteiger charge is -2.26. The predicted octanol–water partition coefficient (Wildman–Crippen LogP) is 3.37. The Balaban J connectivity index is 2.50. The summed E-state index contributed by atoms with van der Waals surface area (Å²) < 4.78 is 1.82. The van der Waals surface area contributed by atoms with E-state index in [1.807, 2.05) is 36.7 Å². The third-order valence-electron chi connectivity index (χ3n) is 3.04. The van der Waals surface area contributed by atoms with E-state index >= 15 is 0 Å². The van der Waals surface area contributed by atoms with Crippen molar-refractivity contribution in [3.63, 3.8) is 0 Å². The van der Waals surface area contributed by atoms with Gasteiger partial charge in [0.05, 0.1) is 5.69 Å². The maximum absolute atomic E-state index is 10.8. The number of aromatic nitrogens is 2. The summed E-state index contributed by atoms with van der Waals surface area (Å²) in [5.41, 5.74) is 0.420. The van der Waals surface area contributed by atoms with Crippen LogP contribution in [0.1, 0.15) is 38.1 Å². The number of hydrogen-bond acceptors (Lipinski definition) is 2. The third-order valence-corrected chi connectivity index (χ3v) is 3.28. The van der Waals surface area contributed by atoms with Crippen LogP contribution in [-0.2, 0) is 5.60 Å². The van der Waals surface area contributed by atoms with E-state index in [1.54, 1.807) is 25.3 Å². The molecule has 3 nitrogen and oxygen atoms in total. The molecule has 1 heterocycles. The molecule has 0 radical (unpaired) electrons. The first-order chi connectivity index (χ1) is 8.43. The van der Waals surface area contributed by atoms with E-state index in [4.69, 9.17) is 11.6 Å².